The van der Waals surface area contributed by atoms with Crippen molar-refractivity contribution in [1.82, 2.24) is 10.2 Å². The molecule has 186 valence electrons. The molecule has 1 atom stereocenters. The fourth-order valence-corrected chi connectivity index (χ4v) is 3.05. The normalized spacial score (nSPS) is 12.8. The number of carbonyl (C=O) groups excluding carboxylic acids is 3. The lowest BCUT2D eigenvalue weighted by atomic mass is 10.0. The number of ether oxygens (including phenoxy) is 1. The van der Waals surface area contributed by atoms with Gasteiger partial charge in [0.25, 0.3) is 0 Å². The van der Waals surface area contributed by atoms with Crippen LogP contribution in [0.2, 0.25) is 0 Å². The van der Waals surface area contributed by atoms with Gasteiger partial charge in [-0.1, -0.05) is 20.8 Å². The predicted molar refractivity (Wildman–Crippen MR) is 120 cm³/mol. The average molecular weight is 474 g/mol. The third kappa shape index (κ3) is 10.6. The van der Waals surface area contributed by atoms with Gasteiger partial charge in [0.15, 0.2) is 0 Å². The van der Waals surface area contributed by atoms with Gasteiger partial charge in [-0.2, -0.15) is 13.2 Å². The van der Waals surface area contributed by atoms with Crippen LogP contribution in [0.5, 0.6) is 0 Å². The Morgan fingerprint density at radius 3 is 2.09 bits per heavy atom. The van der Waals surface area contributed by atoms with Crippen LogP contribution < -0.4 is 10.6 Å². The molecule has 2 N–H and O–H groups in total. The topological polar surface area (TPSA) is 87.7 Å². The minimum absolute atomic E-state index is 0.0512. The van der Waals surface area contributed by atoms with Crippen LogP contribution in [0.1, 0.15) is 59.9 Å². The number of urea groups is 1. The van der Waals surface area contributed by atoms with Gasteiger partial charge in [-0.3, -0.25) is 9.59 Å². The number of nitrogens with zero attached hydrogens (tertiary/aromatic N) is 1. The summed E-state index contributed by atoms with van der Waals surface area (Å²) in [6.45, 7) is 10.9. The van der Waals surface area contributed by atoms with Crippen LogP contribution in [0.15, 0.2) is 24.3 Å². The minimum atomic E-state index is -4.48. The summed E-state index contributed by atoms with van der Waals surface area (Å²) in [6.07, 6.45) is -3.57. The van der Waals surface area contributed by atoms with Crippen LogP contribution in [0.4, 0.5) is 23.7 Å². The molecule has 0 aromatic heterocycles. The van der Waals surface area contributed by atoms with Crippen LogP contribution in [-0.4, -0.2) is 47.5 Å². The van der Waals surface area contributed by atoms with Gasteiger partial charge in [-0.05, 0) is 63.8 Å². The Kier molecular flexibility index (Phi) is 10.2. The molecule has 0 aliphatic carbocycles. The highest BCUT2D eigenvalue weighted by molar-refractivity contribution is 5.94. The molecule has 0 saturated heterocycles. The number of rotatable bonds is 9. The lowest BCUT2D eigenvalue weighted by Crippen LogP contribution is -2.52. The van der Waals surface area contributed by atoms with Crippen molar-refractivity contribution < 1.29 is 32.3 Å². The van der Waals surface area contributed by atoms with E-state index >= 15 is 0 Å². The first-order valence-corrected chi connectivity index (χ1v) is 10.9. The highest BCUT2D eigenvalue weighted by Gasteiger charge is 2.31. The molecular weight excluding hydrogens is 439 g/mol. The number of carbonyl (C=O) groups is 3. The second-order valence-electron chi connectivity index (χ2n) is 9.20. The van der Waals surface area contributed by atoms with Crippen molar-refractivity contribution in [3.05, 3.63) is 29.8 Å². The Balaban J connectivity index is 2.91. The summed E-state index contributed by atoms with van der Waals surface area (Å²) < 4.78 is 43.4. The number of anilines is 1. The fourth-order valence-electron chi connectivity index (χ4n) is 3.05. The van der Waals surface area contributed by atoms with E-state index in [0.29, 0.717) is 19.4 Å². The van der Waals surface area contributed by atoms with Crippen LogP contribution in [0.25, 0.3) is 0 Å². The molecule has 3 amide bonds. The van der Waals surface area contributed by atoms with Crippen molar-refractivity contribution in [3.8, 4) is 0 Å². The molecule has 0 saturated carbocycles. The number of halogens is 3. The highest BCUT2D eigenvalue weighted by atomic mass is 19.4. The number of hydrogen-bond acceptors (Lipinski definition) is 4. The molecule has 1 aromatic carbocycles. The Morgan fingerprint density at radius 2 is 1.64 bits per heavy atom. The molecule has 0 heterocycles. The van der Waals surface area contributed by atoms with E-state index in [1.807, 2.05) is 20.8 Å². The van der Waals surface area contributed by atoms with E-state index in [4.69, 9.17) is 4.74 Å². The van der Waals surface area contributed by atoms with Gasteiger partial charge >= 0.3 is 18.2 Å². The van der Waals surface area contributed by atoms with E-state index in [1.165, 1.54) is 4.90 Å². The SMILES string of the molecule is CCCN(CC(=O)OC(C)(C)C)C(=O)[C@H](CC(C)C)NC(=O)Nc1ccc(C(F)(F)F)cc1. The predicted octanol–water partition coefficient (Wildman–Crippen LogP) is 4.82. The first-order chi connectivity index (χ1) is 15.1. The van der Waals surface area contributed by atoms with Gasteiger partial charge in [0.2, 0.25) is 5.91 Å². The quantitative estimate of drug-likeness (QED) is 0.504. The first-order valence-electron chi connectivity index (χ1n) is 10.9. The zero-order valence-corrected chi connectivity index (χ0v) is 20.0. The standard InChI is InChI=1S/C23H34F3N3O4/c1-7-12-29(14-19(30)33-22(4,5)6)20(31)18(13-15(2)3)28-21(32)27-17-10-8-16(9-11-17)23(24,25)26/h8-11,15,18H,7,12-14H2,1-6H3,(H2,27,28,32)/t18-/m0/s1. The maximum Gasteiger partial charge on any atom is 0.416 e. The molecule has 0 aliphatic heterocycles. The maximum absolute atomic E-state index is 13.2. The lowest BCUT2D eigenvalue weighted by molar-refractivity contribution is -0.159. The van der Waals surface area contributed by atoms with Crippen LogP contribution in [-0.2, 0) is 20.5 Å². The summed E-state index contributed by atoms with van der Waals surface area (Å²) in [7, 11) is 0. The number of amides is 3. The van der Waals surface area contributed by atoms with E-state index in [9.17, 15) is 27.6 Å². The minimum Gasteiger partial charge on any atom is -0.459 e. The third-order valence-electron chi connectivity index (χ3n) is 4.33. The Labute approximate surface area is 193 Å². The zero-order valence-electron chi connectivity index (χ0n) is 20.0. The van der Waals surface area contributed by atoms with Crippen LogP contribution in [0, 0.1) is 5.92 Å². The van der Waals surface area contributed by atoms with E-state index in [1.54, 1.807) is 20.8 Å². The summed E-state index contributed by atoms with van der Waals surface area (Å²) in [4.78, 5) is 39.2. The highest BCUT2D eigenvalue weighted by Crippen LogP contribution is 2.29. The Morgan fingerprint density at radius 1 is 1.06 bits per heavy atom. The molecule has 33 heavy (non-hydrogen) atoms. The molecule has 7 nitrogen and oxygen atoms in total. The number of nitrogens with one attached hydrogen (secondary N) is 2. The lowest BCUT2D eigenvalue weighted by Gasteiger charge is -2.29. The summed E-state index contributed by atoms with van der Waals surface area (Å²) in [5.41, 5.74) is -1.39. The third-order valence-corrected chi connectivity index (χ3v) is 4.33. The van der Waals surface area contributed by atoms with Crippen LogP contribution in [0.3, 0.4) is 0 Å². The van der Waals surface area contributed by atoms with E-state index in [2.05, 4.69) is 10.6 Å². The number of benzene rings is 1. The molecule has 0 bridgehead atoms. The van der Waals surface area contributed by atoms with Gasteiger partial charge in [0.05, 0.1) is 5.56 Å². The first kappa shape index (κ1) is 28.3. The average Bonchev–Trinajstić information content (AvgIpc) is 2.64. The monoisotopic (exact) mass is 473 g/mol. The van der Waals surface area contributed by atoms with Crippen molar-refractivity contribution in [1.29, 1.82) is 0 Å². The molecule has 0 unspecified atom stereocenters. The second-order valence-corrected chi connectivity index (χ2v) is 9.20. The summed E-state index contributed by atoms with van der Waals surface area (Å²) in [6, 6.07) is 2.32. The molecule has 1 rings (SSSR count). The maximum atomic E-state index is 13.2. The van der Waals surface area contributed by atoms with Gasteiger partial charge in [-0.25, -0.2) is 4.79 Å². The molecule has 0 aliphatic rings. The smallest absolute Gasteiger partial charge is 0.416 e. The van der Waals surface area contributed by atoms with Crippen molar-refractivity contribution >= 4 is 23.6 Å². The number of esters is 1. The van der Waals surface area contributed by atoms with Gasteiger partial charge < -0.3 is 20.3 Å². The molecule has 1 aromatic rings. The molecule has 0 fully saturated rings. The number of hydrogen-bond donors (Lipinski definition) is 2. The van der Waals surface area contributed by atoms with Gasteiger partial charge in [0, 0.05) is 12.2 Å². The van der Waals surface area contributed by atoms with Gasteiger partial charge in [-0.15, -0.1) is 0 Å². The largest absolute Gasteiger partial charge is 0.459 e. The van der Waals surface area contributed by atoms with E-state index in [-0.39, 0.29) is 18.2 Å². The zero-order chi connectivity index (χ0) is 25.4. The van der Waals surface area contributed by atoms with Crippen molar-refractivity contribution in [2.45, 2.75) is 72.2 Å². The second kappa shape index (κ2) is 11.9. The molecular formula is C23H34F3N3O4. The summed E-state index contributed by atoms with van der Waals surface area (Å²) in [5, 5.41) is 5.03. The summed E-state index contributed by atoms with van der Waals surface area (Å²) in [5.74, 6) is -0.934. The van der Waals surface area contributed by atoms with E-state index in [0.717, 1.165) is 24.3 Å². The van der Waals surface area contributed by atoms with Crippen molar-refractivity contribution in [2.75, 3.05) is 18.4 Å². The summed E-state index contributed by atoms with van der Waals surface area (Å²) >= 11 is 0. The Hall–Kier alpha value is -2.78. The van der Waals surface area contributed by atoms with E-state index < -0.39 is 41.3 Å². The Bertz CT molecular complexity index is 803. The fraction of sp³-hybridized carbons (Fsp3) is 0.609. The van der Waals surface area contributed by atoms with Crippen LogP contribution >= 0.6 is 0 Å². The number of alkyl halides is 3. The molecule has 10 heteroatoms. The molecule has 0 spiro atoms. The van der Waals surface area contributed by atoms with Crippen molar-refractivity contribution in [3.63, 3.8) is 0 Å². The van der Waals surface area contributed by atoms with Gasteiger partial charge in [0.1, 0.15) is 18.2 Å². The van der Waals surface area contributed by atoms with Crippen molar-refractivity contribution in [2.24, 2.45) is 5.92 Å². The molecule has 0 radical (unpaired) electrons.